The molecule has 1 aromatic carbocycles. The largest absolute Gasteiger partial charge is 0.381 e. The van der Waals surface area contributed by atoms with Crippen LogP contribution in [0.3, 0.4) is 0 Å². The highest BCUT2D eigenvalue weighted by Crippen LogP contribution is 2.22. The smallest absolute Gasteiger partial charge is 0.261 e. The lowest BCUT2D eigenvalue weighted by Gasteiger charge is -2.31. The van der Waals surface area contributed by atoms with E-state index in [4.69, 9.17) is 4.74 Å². The lowest BCUT2D eigenvalue weighted by Crippen LogP contribution is -2.42. The predicted molar refractivity (Wildman–Crippen MR) is 83.0 cm³/mol. The van der Waals surface area contributed by atoms with Gasteiger partial charge in [-0.3, -0.25) is 19.3 Å². The second kappa shape index (κ2) is 6.50. The summed E-state index contributed by atoms with van der Waals surface area (Å²) in [6, 6.07) is 6.76. The average Bonchev–Trinajstić information content (AvgIpc) is 2.84. The average molecular weight is 316 g/mol. The molecule has 3 amide bonds. The van der Waals surface area contributed by atoms with Crippen LogP contribution in [0.25, 0.3) is 0 Å². The van der Waals surface area contributed by atoms with Crippen molar-refractivity contribution in [1.29, 1.82) is 0 Å². The summed E-state index contributed by atoms with van der Waals surface area (Å²) >= 11 is 0. The highest BCUT2D eigenvalue weighted by atomic mass is 16.5. The third-order valence-electron chi connectivity index (χ3n) is 4.56. The zero-order valence-electron chi connectivity index (χ0n) is 13.2. The molecule has 2 aliphatic heterocycles. The summed E-state index contributed by atoms with van der Waals surface area (Å²) in [6.07, 6.45) is 2.04. The molecule has 0 radical (unpaired) electrons. The Balaban J connectivity index is 1.56. The van der Waals surface area contributed by atoms with E-state index in [1.165, 1.54) is 4.90 Å². The molecular weight excluding hydrogens is 296 g/mol. The topological polar surface area (TPSA) is 66.9 Å². The number of carbonyl (C=O) groups is 3. The maximum atomic E-state index is 12.3. The Morgan fingerprint density at radius 1 is 1.13 bits per heavy atom. The van der Waals surface area contributed by atoms with Crippen LogP contribution in [0.15, 0.2) is 24.3 Å². The Kier molecular flexibility index (Phi) is 4.43. The highest BCUT2D eigenvalue weighted by molar-refractivity contribution is 6.21. The van der Waals surface area contributed by atoms with Gasteiger partial charge in [0.25, 0.3) is 11.8 Å². The second-order valence-electron chi connectivity index (χ2n) is 5.87. The standard InChI is InChI=1S/C17H20N2O4/c1-23-12-6-9-18(10-7-12)15(20)8-11-19-16(21)13-4-2-3-5-14(13)17(19)22/h2-5,12H,6-11H2,1H3. The molecule has 1 aromatic rings. The van der Waals surface area contributed by atoms with Crippen molar-refractivity contribution in [3.8, 4) is 0 Å². The highest BCUT2D eigenvalue weighted by Gasteiger charge is 2.35. The number of rotatable bonds is 4. The summed E-state index contributed by atoms with van der Waals surface area (Å²) in [7, 11) is 1.68. The number of hydrogen-bond acceptors (Lipinski definition) is 4. The minimum atomic E-state index is -0.309. The molecule has 0 aliphatic carbocycles. The molecule has 1 saturated heterocycles. The molecule has 1 fully saturated rings. The number of methoxy groups -OCH3 is 1. The molecular formula is C17H20N2O4. The normalized spacial score (nSPS) is 18.5. The second-order valence-corrected chi connectivity index (χ2v) is 5.87. The number of nitrogens with zero attached hydrogens (tertiary/aromatic N) is 2. The van der Waals surface area contributed by atoms with Crippen LogP contribution in [0.2, 0.25) is 0 Å². The molecule has 0 bridgehead atoms. The molecule has 2 heterocycles. The van der Waals surface area contributed by atoms with Crippen molar-refractivity contribution >= 4 is 17.7 Å². The molecule has 2 aliphatic rings. The van der Waals surface area contributed by atoms with Gasteiger partial charge >= 0.3 is 0 Å². The van der Waals surface area contributed by atoms with Crippen LogP contribution in [0.5, 0.6) is 0 Å². The zero-order valence-corrected chi connectivity index (χ0v) is 13.2. The minimum absolute atomic E-state index is 0.0175. The molecule has 0 unspecified atom stereocenters. The molecule has 3 rings (SSSR count). The predicted octanol–water partition coefficient (Wildman–Crippen LogP) is 1.31. The van der Waals surface area contributed by atoms with E-state index in [1.807, 2.05) is 0 Å². The van der Waals surface area contributed by atoms with E-state index in [2.05, 4.69) is 0 Å². The molecule has 0 atom stereocenters. The molecule has 122 valence electrons. The van der Waals surface area contributed by atoms with Crippen molar-refractivity contribution in [2.24, 2.45) is 0 Å². The van der Waals surface area contributed by atoms with Gasteiger partial charge in [-0.05, 0) is 25.0 Å². The van der Waals surface area contributed by atoms with E-state index in [1.54, 1.807) is 36.3 Å². The molecule has 6 nitrogen and oxygen atoms in total. The van der Waals surface area contributed by atoms with Gasteiger partial charge in [-0.2, -0.15) is 0 Å². The fourth-order valence-electron chi connectivity index (χ4n) is 3.15. The Morgan fingerprint density at radius 2 is 1.70 bits per heavy atom. The summed E-state index contributed by atoms with van der Waals surface area (Å²) < 4.78 is 5.29. The van der Waals surface area contributed by atoms with Gasteiger partial charge < -0.3 is 9.64 Å². The number of imide groups is 1. The molecule has 0 saturated carbocycles. The number of hydrogen-bond donors (Lipinski definition) is 0. The maximum Gasteiger partial charge on any atom is 0.261 e. The number of benzene rings is 1. The number of ether oxygens (including phenoxy) is 1. The molecule has 0 N–H and O–H groups in total. The molecule has 6 heteroatoms. The Morgan fingerprint density at radius 3 is 2.22 bits per heavy atom. The Bertz CT molecular complexity index is 600. The van der Waals surface area contributed by atoms with E-state index >= 15 is 0 Å². The number of amides is 3. The van der Waals surface area contributed by atoms with Crippen LogP contribution >= 0.6 is 0 Å². The molecule has 23 heavy (non-hydrogen) atoms. The van der Waals surface area contributed by atoms with Gasteiger partial charge in [-0.25, -0.2) is 0 Å². The van der Waals surface area contributed by atoms with Crippen molar-refractivity contribution in [3.05, 3.63) is 35.4 Å². The lowest BCUT2D eigenvalue weighted by molar-refractivity contribution is -0.133. The summed E-state index contributed by atoms with van der Waals surface area (Å²) in [5, 5.41) is 0. The molecule has 0 spiro atoms. The fourth-order valence-corrected chi connectivity index (χ4v) is 3.15. The quantitative estimate of drug-likeness (QED) is 0.786. The monoisotopic (exact) mass is 316 g/mol. The Labute approximate surface area is 135 Å². The summed E-state index contributed by atoms with van der Waals surface area (Å²) in [5.74, 6) is -0.635. The van der Waals surface area contributed by atoms with Gasteiger partial charge in [0.1, 0.15) is 0 Å². The first-order valence-corrected chi connectivity index (χ1v) is 7.87. The van der Waals surface area contributed by atoms with Crippen LogP contribution in [0, 0.1) is 0 Å². The van der Waals surface area contributed by atoms with Crippen molar-refractivity contribution < 1.29 is 19.1 Å². The third-order valence-corrected chi connectivity index (χ3v) is 4.56. The maximum absolute atomic E-state index is 12.3. The SMILES string of the molecule is COC1CCN(C(=O)CCN2C(=O)c3ccccc3C2=O)CC1. The lowest BCUT2D eigenvalue weighted by atomic mass is 10.1. The van der Waals surface area contributed by atoms with E-state index in [9.17, 15) is 14.4 Å². The first-order valence-electron chi connectivity index (χ1n) is 7.87. The first-order chi connectivity index (χ1) is 11.1. The van der Waals surface area contributed by atoms with E-state index in [0.29, 0.717) is 24.2 Å². The summed E-state index contributed by atoms with van der Waals surface area (Å²) in [5.41, 5.74) is 0.844. The van der Waals surface area contributed by atoms with Crippen LogP contribution in [0.4, 0.5) is 0 Å². The van der Waals surface area contributed by atoms with Crippen LogP contribution in [0.1, 0.15) is 40.0 Å². The van der Waals surface area contributed by atoms with Crippen molar-refractivity contribution in [1.82, 2.24) is 9.80 Å². The van der Waals surface area contributed by atoms with Crippen molar-refractivity contribution in [2.75, 3.05) is 26.7 Å². The van der Waals surface area contributed by atoms with E-state index < -0.39 is 0 Å². The van der Waals surface area contributed by atoms with E-state index in [0.717, 1.165) is 12.8 Å². The number of carbonyl (C=O) groups excluding carboxylic acids is 3. The van der Waals surface area contributed by atoms with Crippen molar-refractivity contribution in [2.45, 2.75) is 25.4 Å². The first kappa shape index (κ1) is 15.7. The van der Waals surface area contributed by atoms with Crippen LogP contribution in [-0.2, 0) is 9.53 Å². The zero-order chi connectivity index (χ0) is 16.4. The van der Waals surface area contributed by atoms with Crippen LogP contribution in [-0.4, -0.2) is 60.4 Å². The minimum Gasteiger partial charge on any atom is -0.381 e. The van der Waals surface area contributed by atoms with Gasteiger partial charge in [0.2, 0.25) is 5.91 Å². The Hall–Kier alpha value is -2.21. The fraction of sp³-hybridized carbons (Fsp3) is 0.471. The van der Waals surface area contributed by atoms with Gasteiger partial charge in [-0.1, -0.05) is 12.1 Å². The number of likely N-dealkylation sites (tertiary alicyclic amines) is 1. The third kappa shape index (κ3) is 2.99. The number of piperidine rings is 1. The van der Waals surface area contributed by atoms with Gasteiger partial charge in [0, 0.05) is 33.2 Å². The summed E-state index contributed by atoms with van der Waals surface area (Å²) in [4.78, 5) is 39.7. The van der Waals surface area contributed by atoms with Crippen LogP contribution < -0.4 is 0 Å². The van der Waals surface area contributed by atoms with Gasteiger partial charge in [-0.15, -0.1) is 0 Å². The van der Waals surface area contributed by atoms with Gasteiger partial charge in [0.05, 0.1) is 17.2 Å². The van der Waals surface area contributed by atoms with E-state index in [-0.39, 0.29) is 36.8 Å². The molecule has 0 aromatic heterocycles. The number of fused-ring (bicyclic) bond motifs is 1. The van der Waals surface area contributed by atoms with Gasteiger partial charge in [0.15, 0.2) is 0 Å². The van der Waals surface area contributed by atoms with Crippen molar-refractivity contribution in [3.63, 3.8) is 0 Å². The summed E-state index contributed by atoms with van der Waals surface area (Å²) in [6.45, 7) is 1.47.